The van der Waals surface area contributed by atoms with Crippen molar-refractivity contribution in [1.29, 1.82) is 0 Å². The number of halogens is 2. The highest BCUT2D eigenvalue weighted by Crippen LogP contribution is 2.49. The first-order valence-electron chi connectivity index (χ1n) is 10.9. The number of piperazine rings is 1. The Balaban J connectivity index is 1.42. The Morgan fingerprint density at radius 1 is 1.00 bits per heavy atom. The molecule has 10 heteroatoms. The first-order chi connectivity index (χ1) is 16.6. The highest BCUT2D eigenvalue weighted by atomic mass is 35.5. The first-order valence-corrected chi connectivity index (χ1v) is 12.6. The summed E-state index contributed by atoms with van der Waals surface area (Å²) in [5.41, 5.74) is 3.81. The van der Waals surface area contributed by atoms with Crippen molar-refractivity contribution in [1.82, 2.24) is 5.32 Å². The zero-order valence-electron chi connectivity index (χ0n) is 18.9. The smallest absolute Gasteiger partial charge is 0.146 e. The minimum atomic E-state index is 0.348. The van der Waals surface area contributed by atoms with Crippen LogP contribution in [0.5, 0.6) is 11.5 Å². The van der Waals surface area contributed by atoms with E-state index >= 15 is 0 Å². The predicted octanol–water partition coefficient (Wildman–Crippen LogP) is 5.45. The molecule has 2 aliphatic rings. The summed E-state index contributed by atoms with van der Waals surface area (Å²) in [4.78, 5) is 10.2. The summed E-state index contributed by atoms with van der Waals surface area (Å²) < 4.78 is 10.9. The van der Waals surface area contributed by atoms with Crippen molar-refractivity contribution < 1.29 is 9.47 Å². The summed E-state index contributed by atoms with van der Waals surface area (Å²) in [5, 5.41) is 9.74. The molecule has 0 unspecified atom stereocenters. The van der Waals surface area contributed by atoms with Crippen molar-refractivity contribution in [3.63, 3.8) is 0 Å². The van der Waals surface area contributed by atoms with E-state index < -0.39 is 0 Å². The molecule has 34 heavy (non-hydrogen) atoms. The summed E-state index contributed by atoms with van der Waals surface area (Å²) in [6.45, 7) is 4.42. The Hall–Kier alpha value is -2.65. The standard InChI is InChI=1S/C24H25Cl2N5O2S/c1-32-18-13-19(33-2)21(26)22(20(18)25)31-14-28-24(23-17(31)7-12-34-23)29-15-3-5-16(6-4-15)30-10-8-27-9-11-30/h3-7,12-13,27H,8-11,14H2,1-2H3,(H,28,29). The number of anilines is 4. The van der Waals surface area contributed by atoms with Crippen molar-refractivity contribution in [3.8, 4) is 11.5 Å². The van der Waals surface area contributed by atoms with Gasteiger partial charge in [-0.3, -0.25) is 0 Å². The number of aliphatic imine (C=N–C) groups is 1. The number of rotatable bonds is 5. The zero-order valence-corrected chi connectivity index (χ0v) is 21.2. The molecule has 3 aromatic rings. The first kappa shape index (κ1) is 23.1. The van der Waals surface area contributed by atoms with Crippen molar-refractivity contribution in [3.05, 3.63) is 56.7 Å². The summed E-state index contributed by atoms with van der Waals surface area (Å²) in [6.07, 6.45) is 0. The Morgan fingerprint density at radius 3 is 2.32 bits per heavy atom. The maximum absolute atomic E-state index is 6.68. The SMILES string of the molecule is COc1cc(OC)c(Cl)c(N2CN=C(Nc3ccc(N4CCNCC4)cc3)c3sccc32)c1Cl. The molecular weight excluding hydrogens is 493 g/mol. The van der Waals surface area contributed by atoms with E-state index in [-0.39, 0.29) is 0 Å². The zero-order chi connectivity index (χ0) is 23.7. The van der Waals surface area contributed by atoms with Gasteiger partial charge >= 0.3 is 0 Å². The van der Waals surface area contributed by atoms with Crippen molar-refractivity contribution >= 4 is 63.1 Å². The van der Waals surface area contributed by atoms with Gasteiger partial charge in [0.2, 0.25) is 0 Å². The minimum absolute atomic E-state index is 0.348. The van der Waals surface area contributed by atoms with Gasteiger partial charge in [-0.2, -0.15) is 0 Å². The van der Waals surface area contributed by atoms with Crippen LogP contribution in [-0.4, -0.2) is 52.9 Å². The highest BCUT2D eigenvalue weighted by molar-refractivity contribution is 7.13. The van der Waals surface area contributed by atoms with Gasteiger partial charge in [-0.05, 0) is 35.7 Å². The second-order valence-corrected chi connectivity index (χ2v) is 9.55. The van der Waals surface area contributed by atoms with Crippen LogP contribution in [0.2, 0.25) is 10.0 Å². The number of hydrogen-bond acceptors (Lipinski definition) is 8. The number of fused-ring (bicyclic) bond motifs is 1. The van der Waals surface area contributed by atoms with Crippen LogP contribution in [0.25, 0.3) is 0 Å². The van der Waals surface area contributed by atoms with Crippen LogP contribution >= 0.6 is 34.5 Å². The fourth-order valence-electron chi connectivity index (χ4n) is 4.19. The molecule has 0 saturated carbocycles. The topological polar surface area (TPSA) is 61.4 Å². The molecule has 0 spiro atoms. The van der Waals surface area contributed by atoms with Crippen LogP contribution in [0, 0.1) is 0 Å². The maximum atomic E-state index is 6.68. The van der Waals surface area contributed by atoms with Crippen LogP contribution in [0.3, 0.4) is 0 Å². The molecule has 7 nitrogen and oxygen atoms in total. The fraction of sp³-hybridized carbons (Fsp3) is 0.292. The molecular formula is C24H25Cl2N5O2S. The average molecular weight is 518 g/mol. The normalized spacial score (nSPS) is 15.6. The number of thiophene rings is 1. The maximum Gasteiger partial charge on any atom is 0.146 e. The number of nitrogens with one attached hydrogen (secondary N) is 2. The molecule has 0 amide bonds. The van der Waals surface area contributed by atoms with Crippen LogP contribution in [-0.2, 0) is 0 Å². The van der Waals surface area contributed by atoms with Gasteiger partial charge < -0.3 is 29.9 Å². The van der Waals surface area contributed by atoms with E-state index in [1.165, 1.54) is 5.69 Å². The van der Waals surface area contributed by atoms with E-state index in [4.69, 9.17) is 37.7 Å². The molecule has 0 aliphatic carbocycles. The Kier molecular flexibility index (Phi) is 6.74. The molecule has 0 radical (unpaired) electrons. The monoisotopic (exact) mass is 517 g/mol. The lowest BCUT2D eigenvalue weighted by atomic mass is 10.2. The summed E-state index contributed by atoms with van der Waals surface area (Å²) in [7, 11) is 3.14. The van der Waals surface area contributed by atoms with Gasteiger partial charge in [-0.15, -0.1) is 11.3 Å². The quantitative estimate of drug-likeness (QED) is 0.469. The van der Waals surface area contributed by atoms with Crippen molar-refractivity contribution in [2.75, 3.05) is 62.2 Å². The number of nitrogens with zero attached hydrogens (tertiary/aromatic N) is 3. The van der Waals surface area contributed by atoms with Crippen LogP contribution < -0.4 is 29.9 Å². The van der Waals surface area contributed by atoms with Crippen LogP contribution in [0.4, 0.5) is 22.7 Å². The third-order valence-electron chi connectivity index (χ3n) is 5.95. The molecule has 5 rings (SSSR count). The third-order valence-corrected chi connectivity index (χ3v) is 7.59. The Labute approximate surface area is 212 Å². The van der Waals surface area contributed by atoms with Gasteiger partial charge in [-0.1, -0.05) is 23.2 Å². The van der Waals surface area contributed by atoms with Crippen LogP contribution in [0.1, 0.15) is 4.88 Å². The average Bonchev–Trinajstić information content (AvgIpc) is 3.37. The number of benzene rings is 2. The summed E-state index contributed by atoms with van der Waals surface area (Å²) >= 11 is 15.0. The van der Waals surface area contributed by atoms with Crippen LogP contribution in [0.15, 0.2) is 46.8 Å². The van der Waals surface area contributed by atoms with Gasteiger partial charge in [0.15, 0.2) is 0 Å². The summed E-state index contributed by atoms with van der Waals surface area (Å²) in [5.74, 6) is 1.80. The highest BCUT2D eigenvalue weighted by Gasteiger charge is 2.29. The van der Waals surface area contributed by atoms with E-state index in [0.717, 1.165) is 48.3 Å². The minimum Gasteiger partial charge on any atom is -0.495 e. The lowest BCUT2D eigenvalue weighted by Crippen LogP contribution is -2.43. The Morgan fingerprint density at radius 2 is 1.68 bits per heavy atom. The lowest BCUT2D eigenvalue weighted by Gasteiger charge is -2.31. The van der Waals surface area contributed by atoms with E-state index in [1.54, 1.807) is 31.6 Å². The molecule has 178 valence electrons. The van der Waals surface area contributed by atoms with Crippen molar-refractivity contribution in [2.24, 2.45) is 4.99 Å². The summed E-state index contributed by atoms with van der Waals surface area (Å²) in [6, 6.07) is 12.2. The second kappa shape index (κ2) is 9.92. The number of methoxy groups -OCH3 is 2. The molecule has 3 heterocycles. The van der Waals surface area contributed by atoms with Gasteiger partial charge in [0.25, 0.3) is 0 Å². The Bertz CT molecular complexity index is 1180. The number of amidine groups is 1. The van der Waals surface area contributed by atoms with Gasteiger partial charge in [0, 0.05) is 43.6 Å². The molecule has 2 aromatic carbocycles. The van der Waals surface area contributed by atoms with E-state index in [1.807, 2.05) is 16.3 Å². The van der Waals surface area contributed by atoms with E-state index in [9.17, 15) is 0 Å². The van der Waals surface area contributed by atoms with Gasteiger partial charge in [-0.25, -0.2) is 4.99 Å². The predicted molar refractivity (Wildman–Crippen MR) is 143 cm³/mol. The van der Waals surface area contributed by atoms with E-state index in [0.29, 0.717) is 33.9 Å². The third kappa shape index (κ3) is 4.27. The van der Waals surface area contributed by atoms with E-state index in [2.05, 4.69) is 39.8 Å². The fourth-order valence-corrected chi connectivity index (χ4v) is 5.76. The molecule has 1 aromatic heterocycles. The molecule has 0 atom stereocenters. The second-order valence-electron chi connectivity index (χ2n) is 7.88. The molecule has 1 saturated heterocycles. The lowest BCUT2D eigenvalue weighted by molar-refractivity contribution is 0.395. The molecule has 2 aliphatic heterocycles. The van der Waals surface area contributed by atoms with Crippen molar-refractivity contribution in [2.45, 2.75) is 0 Å². The number of hydrogen-bond donors (Lipinski definition) is 2. The van der Waals surface area contributed by atoms with Gasteiger partial charge in [0.1, 0.15) is 34.0 Å². The van der Waals surface area contributed by atoms with Gasteiger partial charge in [0.05, 0.1) is 30.5 Å². The molecule has 0 bridgehead atoms. The molecule has 1 fully saturated rings. The number of ether oxygens (including phenoxy) is 2. The largest absolute Gasteiger partial charge is 0.495 e. The molecule has 2 N–H and O–H groups in total.